The monoisotopic (exact) mass is 343 g/mol. The van der Waals surface area contributed by atoms with Crippen molar-refractivity contribution >= 4 is 5.91 Å². The molecular weight excluding hydrogens is 318 g/mol. The summed E-state index contributed by atoms with van der Waals surface area (Å²) in [5.41, 5.74) is 1.89. The third-order valence-electron chi connectivity index (χ3n) is 5.63. The maximum absolute atomic E-state index is 12.4. The molecule has 2 aliphatic carbocycles. The van der Waals surface area contributed by atoms with Gasteiger partial charge in [0.2, 0.25) is 5.91 Å². The lowest BCUT2D eigenvalue weighted by atomic mass is 9.90. The molecule has 1 fully saturated rings. The van der Waals surface area contributed by atoms with Gasteiger partial charge in [0.15, 0.2) is 0 Å². The van der Waals surface area contributed by atoms with Crippen molar-refractivity contribution < 1.29 is 9.53 Å². The topological polar surface area (TPSA) is 73.2 Å². The number of hydrogen-bond donors (Lipinski definition) is 1. The number of rotatable bonds is 3. The standard InChI is InChI=1S/C19H25N3O3/c23-18-11-14-12-25-10-9-17(14)21-22(18)16-7-5-15(6-8-16)20-19(24)13-3-1-2-4-13/h1-2,11,13,15-16H,3-10,12H2,(H,20,24). The van der Waals surface area contributed by atoms with E-state index in [0.29, 0.717) is 13.2 Å². The Hall–Kier alpha value is -1.95. The number of nitrogens with zero attached hydrogens (tertiary/aromatic N) is 2. The number of ether oxygens (including phenoxy) is 1. The number of fused-ring (bicyclic) bond motifs is 1. The molecular formula is C19H25N3O3. The number of amides is 1. The van der Waals surface area contributed by atoms with Gasteiger partial charge in [-0.05, 0) is 38.5 Å². The van der Waals surface area contributed by atoms with Gasteiger partial charge in [0, 0.05) is 30.0 Å². The Labute approximate surface area is 147 Å². The molecule has 1 N–H and O–H groups in total. The van der Waals surface area contributed by atoms with Crippen LogP contribution < -0.4 is 10.9 Å². The summed E-state index contributed by atoms with van der Waals surface area (Å²) in [6, 6.07) is 2.05. The summed E-state index contributed by atoms with van der Waals surface area (Å²) < 4.78 is 7.07. The molecule has 0 radical (unpaired) electrons. The molecule has 2 heterocycles. The van der Waals surface area contributed by atoms with Crippen molar-refractivity contribution in [2.24, 2.45) is 5.92 Å². The molecule has 0 saturated heterocycles. The van der Waals surface area contributed by atoms with Crippen molar-refractivity contribution in [3.05, 3.63) is 39.8 Å². The Morgan fingerprint density at radius 2 is 1.96 bits per heavy atom. The van der Waals surface area contributed by atoms with E-state index >= 15 is 0 Å². The highest BCUT2D eigenvalue weighted by Crippen LogP contribution is 2.28. The van der Waals surface area contributed by atoms with Crippen molar-refractivity contribution in [2.45, 2.75) is 63.6 Å². The molecule has 3 aliphatic rings. The second kappa shape index (κ2) is 7.12. The zero-order valence-corrected chi connectivity index (χ0v) is 14.4. The van der Waals surface area contributed by atoms with Gasteiger partial charge in [0.05, 0.1) is 24.9 Å². The summed E-state index contributed by atoms with van der Waals surface area (Å²) in [7, 11) is 0. The molecule has 4 rings (SSSR count). The Kier molecular flexibility index (Phi) is 4.70. The van der Waals surface area contributed by atoms with Crippen LogP contribution in [0, 0.1) is 5.92 Å². The lowest BCUT2D eigenvalue weighted by Crippen LogP contribution is -2.42. The van der Waals surface area contributed by atoms with Crippen LogP contribution in [0.1, 0.15) is 55.8 Å². The van der Waals surface area contributed by atoms with Gasteiger partial charge in [-0.25, -0.2) is 4.68 Å². The maximum atomic E-state index is 12.4. The van der Waals surface area contributed by atoms with E-state index in [1.165, 1.54) is 0 Å². The fourth-order valence-corrected chi connectivity index (χ4v) is 4.11. The normalized spacial score (nSPS) is 26.4. The van der Waals surface area contributed by atoms with Crippen molar-refractivity contribution in [3.8, 4) is 0 Å². The van der Waals surface area contributed by atoms with E-state index in [0.717, 1.165) is 56.2 Å². The van der Waals surface area contributed by atoms with Crippen LogP contribution in [0.3, 0.4) is 0 Å². The van der Waals surface area contributed by atoms with E-state index in [1.807, 2.05) is 0 Å². The highest BCUT2D eigenvalue weighted by molar-refractivity contribution is 5.79. The van der Waals surface area contributed by atoms with Gasteiger partial charge in [0.1, 0.15) is 0 Å². The molecule has 1 aromatic heterocycles. The predicted molar refractivity (Wildman–Crippen MR) is 93.2 cm³/mol. The highest BCUT2D eigenvalue weighted by Gasteiger charge is 2.28. The summed E-state index contributed by atoms with van der Waals surface area (Å²) in [6.45, 7) is 1.17. The van der Waals surface area contributed by atoms with Crippen LogP contribution in [0.15, 0.2) is 23.0 Å². The highest BCUT2D eigenvalue weighted by atomic mass is 16.5. The molecule has 0 unspecified atom stereocenters. The van der Waals surface area contributed by atoms with Crippen LogP contribution in [0.5, 0.6) is 0 Å². The molecule has 0 spiro atoms. The zero-order chi connectivity index (χ0) is 17.2. The minimum Gasteiger partial charge on any atom is -0.376 e. The zero-order valence-electron chi connectivity index (χ0n) is 14.4. The largest absolute Gasteiger partial charge is 0.376 e. The van der Waals surface area contributed by atoms with Gasteiger partial charge in [-0.1, -0.05) is 12.2 Å². The van der Waals surface area contributed by atoms with Crippen LogP contribution in [0.4, 0.5) is 0 Å². The molecule has 0 bridgehead atoms. The lowest BCUT2D eigenvalue weighted by Gasteiger charge is -2.30. The van der Waals surface area contributed by atoms with Gasteiger partial charge >= 0.3 is 0 Å². The smallest absolute Gasteiger partial charge is 0.267 e. The maximum Gasteiger partial charge on any atom is 0.267 e. The molecule has 0 aromatic carbocycles. The van der Waals surface area contributed by atoms with Crippen LogP contribution in [-0.4, -0.2) is 28.3 Å². The molecule has 6 heteroatoms. The van der Waals surface area contributed by atoms with E-state index < -0.39 is 0 Å². The SMILES string of the molecule is O=C(NC1CCC(n2nc3c(cc2=O)COCC3)CC1)C1CC=CC1. The first-order valence-electron chi connectivity index (χ1n) is 9.35. The number of hydrogen-bond acceptors (Lipinski definition) is 4. The molecule has 1 amide bonds. The third kappa shape index (κ3) is 3.54. The molecule has 134 valence electrons. The van der Waals surface area contributed by atoms with E-state index in [1.54, 1.807) is 10.7 Å². The van der Waals surface area contributed by atoms with Crippen molar-refractivity contribution in [1.29, 1.82) is 0 Å². The second-order valence-corrected chi connectivity index (χ2v) is 7.36. The average Bonchev–Trinajstić information content (AvgIpc) is 3.17. The summed E-state index contributed by atoms with van der Waals surface area (Å²) in [5.74, 6) is 0.294. The fraction of sp³-hybridized carbons (Fsp3) is 0.632. The number of carbonyl (C=O) groups excluding carboxylic acids is 1. The van der Waals surface area contributed by atoms with Gasteiger partial charge < -0.3 is 10.1 Å². The molecule has 1 aromatic rings. The van der Waals surface area contributed by atoms with Gasteiger partial charge in [-0.2, -0.15) is 5.10 Å². The summed E-state index contributed by atoms with van der Waals surface area (Å²) in [4.78, 5) is 24.6. The lowest BCUT2D eigenvalue weighted by molar-refractivity contribution is -0.125. The Morgan fingerprint density at radius 3 is 2.72 bits per heavy atom. The first kappa shape index (κ1) is 16.5. The minimum atomic E-state index is -0.0336. The van der Waals surface area contributed by atoms with Gasteiger partial charge in [-0.15, -0.1) is 0 Å². The second-order valence-electron chi connectivity index (χ2n) is 7.36. The number of carbonyl (C=O) groups is 1. The number of allylic oxidation sites excluding steroid dienone is 2. The first-order valence-corrected chi connectivity index (χ1v) is 9.35. The molecule has 25 heavy (non-hydrogen) atoms. The summed E-state index contributed by atoms with van der Waals surface area (Å²) in [6.07, 6.45) is 10.2. The average molecular weight is 343 g/mol. The van der Waals surface area contributed by atoms with Gasteiger partial charge in [-0.3, -0.25) is 9.59 Å². The Bertz CT molecular complexity index is 724. The molecule has 1 aliphatic heterocycles. The Balaban J connectivity index is 1.37. The molecule has 0 atom stereocenters. The first-order chi connectivity index (χ1) is 12.2. The van der Waals surface area contributed by atoms with Crippen molar-refractivity contribution in [3.63, 3.8) is 0 Å². The quantitative estimate of drug-likeness (QED) is 0.851. The van der Waals surface area contributed by atoms with Gasteiger partial charge in [0.25, 0.3) is 5.56 Å². The van der Waals surface area contributed by atoms with E-state index in [2.05, 4.69) is 22.6 Å². The third-order valence-corrected chi connectivity index (χ3v) is 5.63. The van der Waals surface area contributed by atoms with Crippen LogP contribution in [0.2, 0.25) is 0 Å². The van der Waals surface area contributed by atoms with Crippen LogP contribution in [0.25, 0.3) is 0 Å². The minimum absolute atomic E-state index is 0.0336. The van der Waals surface area contributed by atoms with E-state index in [-0.39, 0.29) is 29.5 Å². The van der Waals surface area contributed by atoms with Crippen molar-refractivity contribution in [2.75, 3.05) is 6.61 Å². The molecule has 1 saturated carbocycles. The summed E-state index contributed by atoms with van der Waals surface area (Å²) >= 11 is 0. The number of nitrogens with one attached hydrogen (secondary N) is 1. The molecule has 6 nitrogen and oxygen atoms in total. The van der Waals surface area contributed by atoms with Crippen molar-refractivity contribution in [1.82, 2.24) is 15.1 Å². The van der Waals surface area contributed by atoms with Crippen LogP contribution >= 0.6 is 0 Å². The fourth-order valence-electron chi connectivity index (χ4n) is 4.11. The Morgan fingerprint density at radius 1 is 1.20 bits per heavy atom. The van der Waals surface area contributed by atoms with Crippen LogP contribution in [-0.2, 0) is 22.6 Å². The predicted octanol–water partition coefficient (Wildman–Crippen LogP) is 1.88. The number of aromatic nitrogens is 2. The van der Waals surface area contributed by atoms with E-state index in [4.69, 9.17) is 4.74 Å². The summed E-state index contributed by atoms with van der Waals surface area (Å²) in [5, 5.41) is 7.81. The van der Waals surface area contributed by atoms with E-state index in [9.17, 15) is 9.59 Å².